The smallest absolute Gasteiger partial charge is 0.338 e. The number of hydrogen-bond donors (Lipinski definition) is 2. The zero-order chi connectivity index (χ0) is 15.7. The second-order valence-electron chi connectivity index (χ2n) is 4.74. The van der Waals surface area contributed by atoms with Crippen LogP contribution in [-0.4, -0.2) is 85.8 Å². The minimum Gasteiger partial charge on any atom is -0.467 e. The molecule has 0 bridgehead atoms. The van der Waals surface area contributed by atoms with Gasteiger partial charge in [-0.25, -0.2) is 9.59 Å². The van der Waals surface area contributed by atoms with E-state index in [1.54, 1.807) is 0 Å². The second kappa shape index (κ2) is 9.67. The summed E-state index contributed by atoms with van der Waals surface area (Å²) in [5.74, 6) is -2.11. The molecule has 1 saturated heterocycles. The van der Waals surface area contributed by atoms with Crippen LogP contribution in [-0.2, 0) is 23.8 Å². The van der Waals surface area contributed by atoms with E-state index in [-0.39, 0.29) is 6.61 Å². The molecular formula is C13H23NO7. The van der Waals surface area contributed by atoms with Crippen LogP contribution in [0.15, 0.2) is 0 Å². The number of carbonyl (C=O) groups is 2. The topological polar surface area (TPSA) is 106 Å². The molecule has 0 aromatic heterocycles. The molecule has 0 radical (unpaired) electrons. The lowest BCUT2D eigenvalue weighted by Crippen LogP contribution is -2.41. The molecule has 1 aliphatic rings. The third-order valence-corrected chi connectivity index (χ3v) is 3.20. The van der Waals surface area contributed by atoms with E-state index in [1.165, 1.54) is 0 Å². The first-order chi connectivity index (χ1) is 10.1. The highest BCUT2D eigenvalue weighted by Gasteiger charge is 2.32. The van der Waals surface area contributed by atoms with Crippen molar-refractivity contribution in [1.82, 2.24) is 4.90 Å². The number of hydrogen-bond acceptors (Lipinski definition) is 8. The van der Waals surface area contributed by atoms with Crippen LogP contribution in [0.3, 0.4) is 0 Å². The van der Waals surface area contributed by atoms with E-state index < -0.39 is 24.1 Å². The maximum atomic E-state index is 11.4. The van der Waals surface area contributed by atoms with Crippen LogP contribution in [0.4, 0.5) is 0 Å². The molecule has 0 aromatic rings. The van der Waals surface area contributed by atoms with Gasteiger partial charge in [0.15, 0.2) is 12.2 Å². The van der Waals surface area contributed by atoms with Gasteiger partial charge in [-0.3, -0.25) is 4.90 Å². The van der Waals surface area contributed by atoms with Gasteiger partial charge in [0, 0.05) is 13.1 Å². The van der Waals surface area contributed by atoms with Gasteiger partial charge >= 0.3 is 11.9 Å². The molecule has 21 heavy (non-hydrogen) atoms. The summed E-state index contributed by atoms with van der Waals surface area (Å²) < 4.78 is 14.3. The van der Waals surface area contributed by atoms with Crippen molar-refractivity contribution in [1.29, 1.82) is 0 Å². The van der Waals surface area contributed by atoms with E-state index in [0.717, 1.165) is 46.4 Å². The Bertz CT molecular complexity index is 330. The van der Waals surface area contributed by atoms with Gasteiger partial charge in [-0.15, -0.1) is 0 Å². The van der Waals surface area contributed by atoms with Crippen LogP contribution in [0.2, 0.25) is 0 Å². The number of aliphatic hydroxyl groups is 2. The second-order valence-corrected chi connectivity index (χ2v) is 4.74. The van der Waals surface area contributed by atoms with Crippen molar-refractivity contribution in [3.05, 3.63) is 0 Å². The zero-order valence-corrected chi connectivity index (χ0v) is 12.2. The standard InChI is InChI=1S/C13H23NO7/c1-19-12(17)10(15)11(16)13(18)21-7-3-2-4-14-5-8-20-9-6-14/h10-11,15-16H,2-9H2,1H3. The number of methoxy groups -OCH3 is 1. The fraction of sp³-hybridized carbons (Fsp3) is 0.846. The summed E-state index contributed by atoms with van der Waals surface area (Å²) in [6.45, 7) is 4.33. The number of nitrogens with zero attached hydrogens (tertiary/aromatic N) is 1. The van der Waals surface area contributed by atoms with Gasteiger partial charge < -0.3 is 24.4 Å². The molecule has 2 atom stereocenters. The third kappa shape index (κ3) is 6.38. The molecule has 2 N–H and O–H groups in total. The molecule has 0 amide bonds. The molecular weight excluding hydrogens is 282 g/mol. The average molecular weight is 305 g/mol. The normalized spacial score (nSPS) is 18.8. The number of rotatable bonds is 8. The molecule has 2 unspecified atom stereocenters. The molecule has 0 aliphatic carbocycles. The molecule has 1 fully saturated rings. The molecule has 1 rings (SSSR count). The van der Waals surface area contributed by atoms with E-state index in [4.69, 9.17) is 9.47 Å². The Kier molecular flexibility index (Phi) is 8.21. The van der Waals surface area contributed by atoms with Crippen LogP contribution in [0.5, 0.6) is 0 Å². The summed E-state index contributed by atoms with van der Waals surface area (Å²) in [6, 6.07) is 0. The molecule has 0 spiro atoms. The maximum absolute atomic E-state index is 11.4. The predicted octanol–water partition coefficient (Wildman–Crippen LogP) is -1.46. The summed E-state index contributed by atoms with van der Waals surface area (Å²) >= 11 is 0. The van der Waals surface area contributed by atoms with E-state index in [1.807, 2.05) is 0 Å². The lowest BCUT2D eigenvalue weighted by molar-refractivity contribution is -0.171. The lowest BCUT2D eigenvalue weighted by atomic mass is 10.2. The highest BCUT2D eigenvalue weighted by Crippen LogP contribution is 2.03. The summed E-state index contributed by atoms with van der Waals surface area (Å²) in [7, 11) is 1.05. The molecule has 1 aliphatic heterocycles. The predicted molar refractivity (Wildman–Crippen MR) is 71.5 cm³/mol. The fourth-order valence-corrected chi connectivity index (χ4v) is 1.90. The molecule has 8 heteroatoms. The number of carbonyl (C=O) groups excluding carboxylic acids is 2. The first-order valence-electron chi connectivity index (χ1n) is 6.97. The van der Waals surface area contributed by atoms with Gasteiger partial charge in [0.05, 0.1) is 26.9 Å². The number of aliphatic hydroxyl groups excluding tert-OH is 2. The summed E-state index contributed by atoms with van der Waals surface area (Å²) in [5, 5.41) is 18.7. The van der Waals surface area contributed by atoms with Gasteiger partial charge in [0.1, 0.15) is 0 Å². The van der Waals surface area contributed by atoms with Gasteiger partial charge in [0.2, 0.25) is 0 Å². The Morgan fingerprint density at radius 3 is 2.38 bits per heavy atom. The summed E-state index contributed by atoms with van der Waals surface area (Å²) in [5.41, 5.74) is 0. The van der Waals surface area contributed by atoms with Crippen LogP contribution >= 0.6 is 0 Å². The van der Waals surface area contributed by atoms with Crippen molar-refractivity contribution in [3.8, 4) is 0 Å². The van der Waals surface area contributed by atoms with Crippen molar-refractivity contribution in [3.63, 3.8) is 0 Å². The molecule has 0 saturated carbocycles. The summed E-state index contributed by atoms with van der Waals surface area (Å²) in [6.07, 6.45) is -2.35. The molecule has 0 aromatic carbocycles. The van der Waals surface area contributed by atoms with Crippen molar-refractivity contribution < 1.29 is 34.0 Å². The Morgan fingerprint density at radius 1 is 1.14 bits per heavy atom. The Balaban J connectivity index is 2.10. The van der Waals surface area contributed by atoms with Gasteiger partial charge in [-0.1, -0.05) is 0 Å². The van der Waals surface area contributed by atoms with Crippen LogP contribution in [0.25, 0.3) is 0 Å². The largest absolute Gasteiger partial charge is 0.467 e. The van der Waals surface area contributed by atoms with Crippen LogP contribution < -0.4 is 0 Å². The first kappa shape index (κ1) is 17.8. The van der Waals surface area contributed by atoms with Gasteiger partial charge in [-0.2, -0.15) is 0 Å². The highest BCUT2D eigenvalue weighted by atomic mass is 16.6. The fourth-order valence-electron chi connectivity index (χ4n) is 1.90. The van der Waals surface area contributed by atoms with E-state index in [2.05, 4.69) is 9.64 Å². The Labute approximate surface area is 123 Å². The lowest BCUT2D eigenvalue weighted by Gasteiger charge is -2.26. The Hall–Kier alpha value is -1.22. The average Bonchev–Trinajstić information content (AvgIpc) is 2.53. The van der Waals surface area contributed by atoms with E-state index in [9.17, 15) is 19.8 Å². The molecule has 8 nitrogen and oxygen atoms in total. The quantitative estimate of drug-likeness (QED) is 0.414. The van der Waals surface area contributed by atoms with Crippen molar-refractivity contribution in [2.24, 2.45) is 0 Å². The zero-order valence-electron chi connectivity index (χ0n) is 12.2. The minimum absolute atomic E-state index is 0.133. The summed E-state index contributed by atoms with van der Waals surface area (Å²) in [4.78, 5) is 24.6. The maximum Gasteiger partial charge on any atom is 0.338 e. The number of morpholine rings is 1. The molecule has 1 heterocycles. The number of ether oxygens (including phenoxy) is 3. The van der Waals surface area contributed by atoms with Gasteiger partial charge in [0.25, 0.3) is 0 Å². The Morgan fingerprint density at radius 2 is 1.76 bits per heavy atom. The van der Waals surface area contributed by atoms with Crippen molar-refractivity contribution in [2.75, 3.05) is 46.6 Å². The first-order valence-corrected chi connectivity index (χ1v) is 6.97. The molecule has 122 valence electrons. The number of esters is 2. The van der Waals surface area contributed by atoms with E-state index in [0.29, 0.717) is 6.42 Å². The van der Waals surface area contributed by atoms with Gasteiger partial charge in [-0.05, 0) is 19.4 Å². The van der Waals surface area contributed by atoms with Crippen molar-refractivity contribution in [2.45, 2.75) is 25.0 Å². The van der Waals surface area contributed by atoms with E-state index >= 15 is 0 Å². The van der Waals surface area contributed by atoms with Crippen LogP contribution in [0, 0.1) is 0 Å². The van der Waals surface area contributed by atoms with Crippen molar-refractivity contribution >= 4 is 11.9 Å². The SMILES string of the molecule is COC(=O)C(O)C(O)C(=O)OCCCCN1CCOCC1. The highest BCUT2D eigenvalue weighted by molar-refractivity contribution is 5.85. The van der Waals surface area contributed by atoms with Crippen LogP contribution in [0.1, 0.15) is 12.8 Å². The monoisotopic (exact) mass is 305 g/mol. The number of unbranched alkanes of at least 4 members (excludes halogenated alkanes) is 1. The minimum atomic E-state index is -1.92. The third-order valence-electron chi connectivity index (χ3n) is 3.20.